The van der Waals surface area contributed by atoms with E-state index in [9.17, 15) is 9.59 Å². The Balaban J connectivity index is 2.06. The van der Waals surface area contributed by atoms with Gasteiger partial charge >= 0.3 is 6.09 Å². The minimum absolute atomic E-state index is 0.186. The Hall–Kier alpha value is -3.01. The summed E-state index contributed by atoms with van der Waals surface area (Å²) in [5, 5.41) is 1.08. The van der Waals surface area contributed by atoms with Crippen LogP contribution in [0.15, 0.2) is 42.6 Å². The highest BCUT2D eigenvalue weighted by Crippen LogP contribution is 2.39. The fourth-order valence-corrected chi connectivity index (χ4v) is 4.03. The van der Waals surface area contributed by atoms with Crippen molar-refractivity contribution in [2.75, 3.05) is 32.7 Å². The first kappa shape index (κ1) is 24.6. The number of rotatable bonds is 7. The fraction of sp³-hybridized carbons (Fsp3) is 0.227. The molecule has 0 saturated heterocycles. The Bertz CT molecular complexity index is 1170. The standard InChI is InChI=1S/C22H21Cl2N3O5S/c1-5-26(2)22(29)32-19-12-25-21(33-19)27(14-7-9-17(30-3)18(11-14)31-4)20(28)15-8-6-13(23)10-16(15)24/h6-12H,5H2,1-4H3. The van der Waals surface area contributed by atoms with Gasteiger partial charge in [-0.2, -0.15) is 0 Å². The number of aromatic nitrogens is 1. The lowest BCUT2D eigenvalue weighted by Crippen LogP contribution is -2.29. The number of thiazole rings is 1. The van der Waals surface area contributed by atoms with Crippen LogP contribution in [0.3, 0.4) is 0 Å². The van der Waals surface area contributed by atoms with Gasteiger partial charge in [-0.3, -0.25) is 9.69 Å². The van der Waals surface area contributed by atoms with E-state index in [0.717, 1.165) is 11.3 Å². The molecule has 0 unspecified atom stereocenters. The normalized spacial score (nSPS) is 10.5. The first-order valence-electron chi connectivity index (χ1n) is 9.69. The first-order chi connectivity index (χ1) is 15.8. The van der Waals surface area contributed by atoms with Crippen molar-refractivity contribution in [2.24, 2.45) is 0 Å². The van der Waals surface area contributed by atoms with E-state index < -0.39 is 12.0 Å². The Labute approximate surface area is 205 Å². The van der Waals surface area contributed by atoms with Crippen molar-refractivity contribution in [1.82, 2.24) is 9.88 Å². The Morgan fingerprint density at radius 2 is 1.79 bits per heavy atom. The number of anilines is 2. The van der Waals surface area contributed by atoms with Crippen LogP contribution in [0.5, 0.6) is 16.6 Å². The molecule has 0 radical (unpaired) electrons. The van der Waals surface area contributed by atoms with E-state index in [-0.39, 0.29) is 20.8 Å². The van der Waals surface area contributed by atoms with E-state index in [2.05, 4.69) is 4.98 Å². The van der Waals surface area contributed by atoms with Gasteiger partial charge in [0, 0.05) is 24.7 Å². The summed E-state index contributed by atoms with van der Waals surface area (Å²) in [4.78, 5) is 32.8. The Morgan fingerprint density at radius 3 is 2.42 bits per heavy atom. The lowest BCUT2D eigenvalue weighted by Gasteiger charge is -2.22. The number of halogens is 2. The van der Waals surface area contributed by atoms with Crippen molar-refractivity contribution in [3.05, 3.63) is 58.2 Å². The molecular formula is C22H21Cl2N3O5S. The zero-order valence-corrected chi connectivity index (χ0v) is 20.6. The molecule has 0 aliphatic carbocycles. The van der Waals surface area contributed by atoms with E-state index in [1.165, 1.54) is 42.3 Å². The van der Waals surface area contributed by atoms with Gasteiger partial charge in [0.05, 0.1) is 36.7 Å². The quantitative estimate of drug-likeness (QED) is 0.394. The second-order valence-corrected chi connectivity index (χ2v) is 8.46. The largest absolute Gasteiger partial charge is 0.493 e. The van der Waals surface area contributed by atoms with Crippen molar-refractivity contribution in [3.8, 4) is 16.6 Å². The summed E-state index contributed by atoms with van der Waals surface area (Å²) < 4.78 is 16.0. The second kappa shape index (κ2) is 10.7. The molecule has 174 valence electrons. The maximum absolute atomic E-state index is 13.6. The molecule has 3 rings (SSSR count). The van der Waals surface area contributed by atoms with Crippen LogP contribution in [0.4, 0.5) is 15.6 Å². The minimum atomic E-state index is -0.530. The molecule has 2 aromatic carbocycles. The zero-order chi connectivity index (χ0) is 24.1. The van der Waals surface area contributed by atoms with Crippen LogP contribution in [0, 0.1) is 0 Å². The van der Waals surface area contributed by atoms with E-state index in [0.29, 0.717) is 28.8 Å². The lowest BCUT2D eigenvalue weighted by molar-refractivity contribution is 0.0999. The number of carbonyl (C=O) groups excluding carboxylic acids is 2. The molecule has 3 aromatic rings. The first-order valence-corrected chi connectivity index (χ1v) is 11.3. The summed E-state index contributed by atoms with van der Waals surface area (Å²) in [7, 11) is 4.63. The highest BCUT2D eigenvalue weighted by atomic mass is 35.5. The number of hydrogen-bond donors (Lipinski definition) is 0. The van der Waals surface area contributed by atoms with Crippen LogP contribution >= 0.6 is 34.5 Å². The SMILES string of the molecule is CCN(C)C(=O)Oc1cnc(N(C(=O)c2ccc(Cl)cc2Cl)c2ccc(OC)c(OC)c2)s1. The average molecular weight is 510 g/mol. The van der Waals surface area contributed by atoms with Crippen LogP contribution in [0.1, 0.15) is 17.3 Å². The minimum Gasteiger partial charge on any atom is -0.493 e. The highest BCUT2D eigenvalue weighted by Gasteiger charge is 2.26. The van der Waals surface area contributed by atoms with Gasteiger partial charge in [-0.25, -0.2) is 9.78 Å². The van der Waals surface area contributed by atoms with Gasteiger partial charge in [0.1, 0.15) is 0 Å². The van der Waals surface area contributed by atoms with Crippen LogP contribution in [0.2, 0.25) is 10.0 Å². The van der Waals surface area contributed by atoms with Crippen LogP contribution in [0.25, 0.3) is 0 Å². The molecular weight excluding hydrogens is 489 g/mol. The molecule has 0 spiro atoms. The van der Waals surface area contributed by atoms with Gasteiger partial charge in [-0.05, 0) is 37.3 Å². The maximum Gasteiger partial charge on any atom is 0.415 e. The van der Waals surface area contributed by atoms with Crippen LogP contribution in [-0.2, 0) is 0 Å². The average Bonchev–Trinajstić information content (AvgIpc) is 3.25. The lowest BCUT2D eigenvalue weighted by atomic mass is 10.1. The van der Waals surface area contributed by atoms with Crippen LogP contribution in [-0.4, -0.2) is 49.7 Å². The summed E-state index contributed by atoms with van der Waals surface area (Å²) in [6.07, 6.45) is 0.851. The summed E-state index contributed by atoms with van der Waals surface area (Å²) in [5.41, 5.74) is 0.664. The third-order valence-corrected chi connectivity index (χ3v) is 6.04. The third kappa shape index (κ3) is 5.50. The summed E-state index contributed by atoms with van der Waals surface area (Å²) in [6, 6.07) is 9.58. The number of benzene rings is 2. The predicted octanol–water partition coefficient (Wildman–Crippen LogP) is 5.90. The molecule has 2 amide bonds. The van der Waals surface area contributed by atoms with Gasteiger partial charge < -0.3 is 19.1 Å². The Morgan fingerprint density at radius 1 is 1.06 bits per heavy atom. The molecule has 1 heterocycles. The molecule has 1 aromatic heterocycles. The smallest absolute Gasteiger partial charge is 0.415 e. The number of hydrogen-bond acceptors (Lipinski definition) is 7. The molecule has 33 heavy (non-hydrogen) atoms. The summed E-state index contributed by atoms with van der Waals surface area (Å²) >= 11 is 13.3. The van der Waals surface area contributed by atoms with E-state index in [1.54, 1.807) is 31.3 Å². The van der Waals surface area contributed by atoms with Gasteiger partial charge in [-0.15, -0.1) is 0 Å². The van der Waals surface area contributed by atoms with Crippen molar-refractivity contribution in [3.63, 3.8) is 0 Å². The van der Waals surface area contributed by atoms with Gasteiger partial charge in [0.15, 0.2) is 11.5 Å². The maximum atomic E-state index is 13.6. The van der Waals surface area contributed by atoms with Crippen LogP contribution < -0.4 is 19.1 Å². The molecule has 0 aliphatic rings. The van der Waals surface area contributed by atoms with Gasteiger partial charge in [-0.1, -0.05) is 34.5 Å². The number of nitrogens with zero attached hydrogens (tertiary/aromatic N) is 3. The van der Waals surface area contributed by atoms with E-state index in [1.807, 2.05) is 6.92 Å². The molecule has 0 N–H and O–H groups in total. The van der Waals surface area contributed by atoms with Crippen molar-refractivity contribution in [2.45, 2.75) is 6.92 Å². The molecule has 11 heteroatoms. The number of ether oxygens (including phenoxy) is 3. The number of methoxy groups -OCH3 is 2. The summed E-state index contributed by atoms with van der Waals surface area (Å²) in [5.74, 6) is 0.458. The fourth-order valence-electron chi connectivity index (χ4n) is 2.76. The van der Waals surface area contributed by atoms with Gasteiger partial charge in [0.25, 0.3) is 5.91 Å². The summed E-state index contributed by atoms with van der Waals surface area (Å²) in [6.45, 7) is 2.31. The molecule has 0 atom stereocenters. The Kier molecular flexibility index (Phi) is 8.01. The van der Waals surface area contributed by atoms with Gasteiger partial charge in [0.2, 0.25) is 10.2 Å². The molecule has 0 aliphatic heterocycles. The van der Waals surface area contributed by atoms with E-state index in [4.69, 9.17) is 37.4 Å². The predicted molar refractivity (Wildman–Crippen MR) is 129 cm³/mol. The van der Waals surface area contributed by atoms with E-state index >= 15 is 0 Å². The molecule has 0 fully saturated rings. The second-order valence-electron chi connectivity index (χ2n) is 6.65. The monoisotopic (exact) mass is 509 g/mol. The van der Waals surface area contributed by atoms with Crippen molar-refractivity contribution < 1.29 is 23.8 Å². The number of amides is 2. The molecule has 0 saturated carbocycles. The third-order valence-electron chi connectivity index (χ3n) is 4.63. The highest BCUT2D eigenvalue weighted by molar-refractivity contribution is 7.17. The molecule has 8 nitrogen and oxygen atoms in total. The molecule has 0 bridgehead atoms. The van der Waals surface area contributed by atoms with Crippen molar-refractivity contribution >= 4 is 57.4 Å². The topological polar surface area (TPSA) is 81.2 Å². The number of carbonyl (C=O) groups is 2. The zero-order valence-electron chi connectivity index (χ0n) is 18.3. The van der Waals surface area contributed by atoms with Crippen molar-refractivity contribution in [1.29, 1.82) is 0 Å².